The van der Waals surface area contributed by atoms with Crippen LogP contribution in [0, 0.1) is 0 Å². The molecule has 1 fully saturated rings. The Bertz CT molecular complexity index is 1590. The van der Waals surface area contributed by atoms with Gasteiger partial charge in [0.1, 0.15) is 35.5 Å². The molecule has 0 aromatic carbocycles. The Morgan fingerprint density at radius 1 is 1.26 bits per heavy atom. The molecular weight excluding hydrogens is 542 g/mol. The van der Waals surface area contributed by atoms with Crippen LogP contribution in [0.1, 0.15) is 16.1 Å². The molecule has 0 spiro atoms. The number of amides is 2. The highest BCUT2D eigenvalue weighted by Crippen LogP contribution is 2.40. The highest BCUT2D eigenvalue weighted by Gasteiger charge is 2.54. The van der Waals surface area contributed by atoms with Crippen molar-refractivity contribution in [1.29, 1.82) is 0 Å². The summed E-state index contributed by atoms with van der Waals surface area (Å²) in [6.07, 6.45) is 2.70. The first kappa shape index (κ1) is 25.0. The lowest BCUT2D eigenvalue weighted by atomic mass is 10.0. The summed E-state index contributed by atoms with van der Waals surface area (Å²) in [4.78, 5) is 54.6. The van der Waals surface area contributed by atoms with E-state index in [1.54, 1.807) is 6.07 Å². The number of thioether (sulfide) groups is 1. The molecule has 3 aromatic rings. The highest BCUT2D eigenvalue weighted by molar-refractivity contribution is 8.00. The zero-order chi connectivity index (χ0) is 27.3. The smallest absolute Gasteiger partial charge is 0.352 e. The number of aromatic nitrogens is 4. The van der Waals surface area contributed by atoms with Gasteiger partial charge >= 0.3 is 17.6 Å². The van der Waals surface area contributed by atoms with E-state index in [0.29, 0.717) is 11.2 Å². The summed E-state index contributed by atoms with van der Waals surface area (Å²) in [6, 6.07) is 0.499. The number of oxime groups is 1. The van der Waals surface area contributed by atoms with Gasteiger partial charge in [-0.05, 0) is 0 Å². The number of carbonyl (C=O) groups is 4. The molecule has 18 heteroatoms. The number of nitrogen functional groups attached to an aromatic ring is 2. The van der Waals surface area contributed by atoms with Crippen molar-refractivity contribution < 1.29 is 39.2 Å². The third-order valence-electron chi connectivity index (χ3n) is 5.91. The van der Waals surface area contributed by atoms with Crippen molar-refractivity contribution in [2.75, 3.05) is 17.2 Å². The van der Waals surface area contributed by atoms with Crippen molar-refractivity contribution in [3.63, 3.8) is 0 Å². The van der Waals surface area contributed by atoms with E-state index in [2.05, 4.69) is 20.6 Å². The average Bonchev–Trinajstić information content (AvgIpc) is 3.54. The van der Waals surface area contributed by atoms with E-state index in [1.807, 2.05) is 0 Å². The summed E-state index contributed by atoms with van der Waals surface area (Å²) < 4.78 is 2.71. The minimum atomic E-state index is -1.36. The second-order valence-electron chi connectivity index (χ2n) is 8.10. The fourth-order valence-corrected chi connectivity index (χ4v) is 6.11. The molecule has 5 rings (SSSR count). The number of nitrogens with zero attached hydrogens (tertiary/aromatic N) is 6. The zero-order valence-electron chi connectivity index (χ0n) is 19.0. The van der Waals surface area contributed by atoms with Gasteiger partial charge in [0.05, 0.1) is 12.3 Å². The number of nitrogens with two attached hydrogens (primary N) is 2. The second-order valence-corrected chi connectivity index (χ2v) is 10.1. The first-order valence-corrected chi connectivity index (χ1v) is 12.6. The normalized spacial score (nSPS) is 19.3. The van der Waals surface area contributed by atoms with E-state index in [4.69, 9.17) is 11.5 Å². The molecule has 16 nitrogen and oxygen atoms in total. The van der Waals surface area contributed by atoms with Gasteiger partial charge in [-0.15, -0.1) is 23.1 Å². The Morgan fingerprint density at radius 2 is 2.03 bits per heavy atom. The summed E-state index contributed by atoms with van der Waals surface area (Å²) in [5, 5.41) is 39.1. The van der Waals surface area contributed by atoms with Crippen LogP contribution in [0.5, 0.6) is 0 Å². The SMILES string of the molecule is Nc1nc(C(=NO)C(=O)N[C@@H]2C(=O)N3C(C(=O)O)=C(C[n+]4cc(C(=O)O)c(N)n5nccc54)CS[C@@H]23)cs1. The lowest BCUT2D eigenvalue weighted by molar-refractivity contribution is -0.666. The summed E-state index contributed by atoms with van der Waals surface area (Å²) in [7, 11) is 0. The van der Waals surface area contributed by atoms with Gasteiger partial charge in [-0.25, -0.2) is 19.1 Å². The molecular formula is C20H18N9O7S2+. The topological polar surface area (TPSA) is 243 Å². The lowest BCUT2D eigenvalue weighted by Crippen LogP contribution is -2.71. The minimum Gasteiger partial charge on any atom is -0.477 e. The fourth-order valence-electron chi connectivity index (χ4n) is 4.22. The zero-order valence-corrected chi connectivity index (χ0v) is 20.6. The van der Waals surface area contributed by atoms with Crippen LogP contribution >= 0.6 is 23.1 Å². The van der Waals surface area contributed by atoms with E-state index in [9.17, 15) is 34.6 Å². The quantitative estimate of drug-likeness (QED) is 0.0640. The van der Waals surface area contributed by atoms with Gasteiger partial charge < -0.3 is 32.2 Å². The van der Waals surface area contributed by atoms with Crippen LogP contribution in [0.4, 0.5) is 10.9 Å². The maximum absolute atomic E-state index is 13.0. The molecule has 2 atom stereocenters. The molecule has 8 N–H and O–H groups in total. The molecule has 0 saturated carbocycles. The van der Waals surface area contributed by atoms with Gasteiger partial charge in [0.2, 0.25) is 5.82 Å². The number of carboxylic acid groups (broad SMARTS) is 2. The van der Waals surface area contributed by atoms with Gasteiger partial charge in [-0.1, -0.05) is 14.8 Å². The molecule has 0 bridgehead atoms. The molecule has 5 heterocycles. The Balaban J connectivity index is 1.42. The molecule has 0 radical (unpaired) electrons. The molecule has 196 valence electrons. The maximum Gasteiger partial charge on any atom is 0.352 e. The van der Waals surface area contributed by atoms with Crippen molar-refractivity contribution in [3.8, 4) is 0 Å². The third-order valence-corrected chi connectivity index (χ3v) is 7.93. The van der Waals surface area contributed by atoms with E-state index < -0.39 is 40.9 Å². The Morgan fingerprint density at radius 3 is 2.66 bits per heavy atom. The van der Waals surface area contributed by atoms with E-state index in [0.717, 1.165) is 16.2 Å². The number of anilines is 2. The van der Waals surface area contributed by atoms with Gasteiger partial charge in [0.15, 0.2) is 16.4 Å². The molecule has 2 aliphatic heterocycles. The number of fused-ring (bicyclic) bond motifs is 2. The number of aliphatic carboxylic acids is 1. The van der Waals surface area contributed by atoms with Gasteiger partial charge in [-0.3, -0.25) is 14.5 Å². The summed E-state index contributed by atoms with van der Waals surface area (Å²) >= 11 is 2.24. The molecule has 0 unspecified atom stereocenters. The molecule has 1 saturated heterocycles. The van der Waals surface area contributed by atoms with Crippen molar-refractivity contribution >= 4 is 69.2 Å². The summed E-state index contributed by atoms with van der Waals surface area (Å²) in [5.41, 5.74) is 11.3. The molecule has 2 amide bonds. The van der Waals surface area contributed by atoms with Crippen LogP contribution in [-0.2, 0) is 20.9 Å². The molecule has 2 aliphatic rings. The van der Waals surface area contributed by atoms with Crippen LogP contribution in [0.3, 0.4) is 0 Å². The van der Waals surface area contributed by atoms with Gasteiger partial charge in [0, 0.05) is 16.7 Å². The number of nitrogens with one attached hydrogen (secondary N) is 1. The average molecular weight is 561 g/mol. The van der Waals surface area contributed by atoms with Crippen LogP contribution in [0.2, 0.25) is 0 Å². The number of rotatable bonds is 7. The van der Waals surface area contributed by atoms with E-state index in [-0.39, 0.29) is 40.2 Å². The number of carboxylic acids is 2. The number of β-lactam (4-membered cyclic amide) rings is 1. The molecule has 0 aliphatic carbocycles. The Kier molecular flexibility index (Phi) is 6.11. The largest absolute Gasteiger partial charge is 0.477 e. The van der Waals surface area contributed by atoms with Crippen molar-refractivity contribution in [3.05, 3.63) is 46.4 Å². The van der Waals surface area contributed by atoms with E-state index in [1.165, 1.54) is 38.6 Å². The van der Waals surface area contributed by atoms with Crippen molar-refractivity contribution in [2.45, 2.75) is 18.0 Å². The first-order valence-electron chi connectivity index (χ1n) is 10.7. The fraction of sp³-hybridized carbons (Fsp3) is 0.200. The summed E-state index contributed by atoms with van der Waals surface area (Å²) in [5.74, 6) is -4.15. The predicted octanol–water partition coefficient (Wildman–Crippen LogP) is -1.44. The molecule has 38 heavy (non-hydrogen) atoms. The number of carbonyl (C=O) groups excluding carboxylic acids is 2. The maximum atomic E-state index is 13.0. The van der Waals surface area contributed by atoms with E-state index >= 15 is 0 Å². The Labute approximate surface area is 219 Å². The Hall–Kier alpha value is -4.71. The first-order chi connectivity index (χ1) is 18.1. The number of thiazole rings is 1. The predicted molar refractivity (Wildman–Crippen MR) is 131 cm³/mol. The highest BCUT2D eigenvalue weighted by atomic mass is 32.2. The standard InChI is InChI=1S/C20H17N9O7S2/c21-14-8(18(32)33)4-27(10-1-2-23-29(10)14)3-7-5-37-17-12(16(31)28(17)13(7)19(34)35)25-15(30)11(26-36)9-6-38-20(22)24-9/h1-2,4,6,12,17,21H,3,5H2,(H6,22,24,25,30,32,33,34,35,36)/p+1/t12-,17+/m1/s1. The minimum absolute atomic E-state index is 0.0215. The van der Waals surface area contributed by atoms with Crippen molar-refractivity contribution in [1.82, 2.24) is 24.8 Å². The van der Waals surface area contributed by atoms with Crippen LogP contribution in [-0.4, -0.2) is 81.6 Å². The van der Waals surface area contributed by atoms with Gasteiger partial charge in [-0.2, -0.15) is 0 Å². The second kappa shape index (κ2) is 9.30. The van der Waals surface area contributed by atoms with Crippen LogP contribution in [0.25, 0.3) is 5.65 Å². The number of hydrogen-bond donors (Lipinski definition) is 6. The summed E-state index contributed by atoms with van der Waals surface area (Å²) in [6.45, 7) is -0.0650. The number of aromatic carboxylic acids is 1. The van der Waals surface area contributed by atoms with Crippen molar-refractivity contribution in [2.24, 2.45) is 5.16 Å². The van der Waals surface area contributed by atoms with Crippen LogP contribution in [0.15, 0.2) is 40.3 Å². The van der Waals surface area contributed by atoms with Crippen LogP contribution < -0.4 is 21.4 Å². The lowest BCUT2D eigenvalue weighted by Gasteiger charge is -2.49. The monoisotopic (exact) mass is 560 g/mol. The van der Waals surface area contributed by atoms with Gasteiger partial charge in [0.25, 0.3) is 11.8 Å². The third kappa shape index (κ3) is 3.95. The molecule has 3 aromatic heterocycles. The number of hydrogen-bond acceptors (Lipinski definition) is 12.